The van der Waals surface area contributed by atoms with Crippen LogP contribution >= 0.6 is 0 Å². The molecule has 0 N–H and O–H groups in total. The number of rotatable bonds is 2. The third-order valence-corrected chi connectivity index (χ3v) is 3.58. The maximum Gasteiger partial charge on any atom is 0.256 e. The topological polar surface area (TPSA) is 57.7 Å². The number of hydrogen-bond donors (Lipinski definition) is 0. The average molecular weight is 288 g/mol. The van der Waals surface area contributed by atoms with Gasteiger partial charge in [-0.15, -0.1) is 0 Å². The van der Waals surface area contributed by atoms with Crippen LogP contribution in [-0.2, 0) is 9.59 Å². The van der Waals surface area contributed by atoms with Crippen molar-refractivity contribution in [1.29, 1.82) is 0 Å². The van der Waals surface area contributed by atoms with Gasteiger partial charge < -0.3 is 9.80 Å². The van der Waals surface area contributed by atoms with Gasteiger partial charge in [0, 0.05) is 12.5 Å². The Morgan fingerprint density at radius 3 is 2.43 bits per heavy atom. The predicted molar refractivity (Wildman–Crippen MR) is 80.2 cm³/mol. The molecule has 21 heavy (non-hydrogen) atoms. The molecule has 2 rings (SSSR count). The van der Waals surface area contributed by atoms with E-state index in [1.54, 1.807) is 31.3 Å². The first kappa shape index (κ1) is 15.2. The van der Waals surface area contributed by atoms with E-state index in [0.29, 0.717) is 11.3 Å². The lowest BCUT2D eigenvalue weighted by atomic mass is 9.90. The summed E-state index contributed by atoms with van der Waals surface area (Å²) in [6.07, 6.45) is 0. The molecule has 0 fully saturated rings. The molecule has 0 atom stereocenters. The number of ketones is 1. The van der Waals surface area contributed by atoms with Crippen molar-refractivity contribution in [3.63, 3.8) is 0 Å². The number of hydrogen-bond acceptors (Lipinski definition) is 3. The Hall–Kier alpha value is -2.17. The fourth-order valence-corrected chi connectivity index (χ4v) is 2.14. The van der Waals surface area contributed by atoms with Gasteiger partial charge in [0.05, 0.1) is 17.8 Å². The Labute approximate surface area is 124 Å². The maximum absolute atomic E-state index is 12.4. The van der Waals surface area contributed by atoms with Crippen LogP contribution in [0.2, 0.25) is 0 Å². The maximum atomic E-state index is 12.4. The van der Waals surface area contributed by atoms with Crippen LogP contribution < -0.4 is 4.90 Å². The number of benzene rings is 1. The smallest absolute Gasteiger partial charge is 0.256 e. The third kappa shape index (κ3) is 2.96. The molecule has 0 radical (unpaired) electrons. The van der Waals surface area contributed by atoms with E-state index < -0.39 is 5.41 Å². The van der Waals surface area contributed by atoms with Crippen molar-refractivity contribution in [1.82, 2.24) is 4.90 Å². The monoisotopic (exact) mass is 288 g/mol. The van der Waals surface area contributed by atoms with Gasteiger partial charge in [-0.25, -0.2) is 0 Å². The van der Waals surface area contributed by atoms with Crippen molar-refractivity contribution in [2.45, 2.75) is 20.8 Å². The lowest BCUT2D eigenvalue weighted by Crippen LogP contribution is -2.42. The van der Waals surface area contributed by atoms with Crippen LogP contribution in [0, 0.1) is 5.41 Å². The molecule has 0 saturated carbocycles. The van der Waals surface area contributed by atoms with Gasteiger partial charge >= 0.3 is 0 Å². The van der Waals surface area contributed by atoms with Crippen molar-refractivity contribution in [2.75, 3.05) is 25.0 Å². The minimum atomic E-state index is -0.530. The molecule has 1 aromatic rings. The van der Waals surface area contributed by atoms with Crippen molar-refractivity contribution >= 4 is 23.3 Å². The van der Waals surface area contributed by atoms with Gasteiger partial charge in [0.2, 0.25) is 5.91 Å². The number of nitrogens with zero attached hydrogens (tertiary/aromatic N) is 2. The van der Waals surface area contributed by atoms with Gasteiger partial charge in [-0.1, -0.05) is 32.9 Å². The van der Waals surface area contributed by atoms with E-state index in [1.165, 1.54) is 9.80 Å². The molecule has 2 amide bonds. The first-order chi connectivity index (χ1) is 9.71. The highest BCUT2D eigenvalue weighted by Crippen LogP contribution is 2.26. The quantitative estimate of drug-likeness (QED) is 0.832. The molecular weight excluding hydrogens is 268 g/mol. The first-order valence-corrected chi connectivity index (χ1v) is 6.90. The Bertz CT molecular complexity index is 602. The zero-order chi connectivity index (χ0) is 15.8. The van der Waals surface area contributed by atoms with Crippen LogP contribution in [0.4, 0.5) is 5.69 Å². The number of likely N-dealkylation sites (N-methyl/N-ethyl adjacent to an activating group) is 1. The van der Waals surface area contributed by atoms with Crippen molar-refractivity contribution < 1.29 is 14.4 Å². The molecule has 0 unspecified atom stereocenters. The van der Waals surface area contributed by atoms with E-state index in [1.807, 2.05) is 20.8 Å². The predicted octanol–water partition coefficient (Wildman–Crippen LogP) is 1.72. The molecule has 0 saturated heterocycles. The van der Waals surface area contributed by atoms with Crippen LogP contribution in [-0.4, -0.2) is 42.6 Å². The largest absolute Gasteiger partial charge is 0.332 e. The standard InChI is InChI=1S/C16H20N2O3/c1-16(2,3)13(19)9-18-12-8-6-5-7-11(12)15(21)17(4)10-14(18)20/h5-8H,9-10H2,1-4H3. The Morgan fingerprint density at radius 1 is 1.19 bits per heavy atom. The molecule has 0 spiro atoms. The van der Waals surface area contributed by atoms with Crippen LogP contribution in [0.1, 0.15) is 31.1 Å². The minimum Gasteiger partial charge on any atom is -0.332 e. The fourth-order valence-electron chi connectivity index (χ4n) is 2.14. The normalized spacial score (nSPS) is 15.8. The lowest BCUT2D eigenvalue weighted by Gasteiger charge is -2.25. The first-order valence-electron chi connectivity index (χ1n) is 6.90. The van der Waals surface area contributed by atoms with Gasteiger partial charge in [-0.2, -0.15) is 0 Å². The third-order valence-electron chi connectivity index (χ3n) is 3.58. The summed E-state index contributed by atoms with van der Waals surface area (Å²) in [5.41, 5.74) is 0.430. The van der Waals surface area contributed by atoms with Gasteiger partial charge in [0.15, 0.2) is 5.78 Å². The molecule has 112 valence electrons. The van der Waals surface area contributed by atoms with E-state index >= 15 is 0 Å². The second-order valence-electron chi connectivity index (χ2n) is 6.33. The summed E-state index contributed by atoms with van der Waals surface area (Å²) < 4.78 is 0. The van der Waals surface area contributed by atoms with Crippen LogP contribution in [0.15, 0.2) is 24.3 Å². The fraction of sp³-hybridized carbons (Fsp3) is 0.438. The minimum absolute atomic E-state index is 0.0134. The summed E-state index contributed by atoms with van der Waals surface area (Å²) in [5, 5.41) is 0. The average Bonchev–Trinajstić information content (AvgIpc) is 2.49. The van der Waals surface area contributed by atoms with Gasteiger partial charge in [-0.05, 0) is 12.1 Å². The number of anilines is 1. The zero-order valence-corrected chi connectivity index (χ0v) is 12.8. The highest BCUT2D eigenvalue weighted by atomic mass is 16.2. The number of carbonyl (C=O) groups excluding carboxylic acids is 3. The van der Waals surface area contributed by atoms with Crippen molar-refractivity contribution in [3.05, 3.63) is 29.8 Å². The second kappa shape index (κ2) is 5.31. The van der Waals surface area contributed by atoms with Crippen LogP contribution in [0.5, 0.6) is 0 Å². The number of para-hydroxylation sites is 1. The number of fused-ring (bicyclic) bond motifs is 1. The second-order valence-corrected chi connectivity index (χ2v) is 6.33. The van der Waals surface area contributed by atoms with Crippen molar-refractivity contribution in [2.24, 2.45) is 5.41 Å². The van der Waals surface area contributed by atoms with E-state index in [2.05, 4.69) is 0 Å². The highest BCUT2D eigenvalue weighted by molar-refractivity contribution is 6.11. The van der Waals surface area contributed by atoms with Crippen LogP contribution in [0.3, 0.4) is 0 Å². The molecule has 0 bridgehead atoms. The zero-order valence-electron chi connectivity index (χ0n) is 12.8. The Kier molecular flexibility index (Phi) is 3.85. The molecule has 0 aliphatic carbocycles. The molecule has 5 heteroatoms. The van der Waals surface area contributed by atoms with Crippen molar-refractivity contribution in [3.8, 4) is 0 Å². The summed E-state index contributed by atoms with van der Waals surface area (Å²) in [7, 11) is 1.59. The highest BCUT2D eigenvalue weighted by Gasteiger charge is 2.32. The molecular formula is C16H20N2O3. The van der Waals surface area contributed by atoms with E-state index in [0.717, 1.165) is 0 Å². The molecule has 1 heterocycles. The summed E-state index contributed by atoms with van der Waals surface area (Å²) in [5.74, 6) is -0.485. The summed E-state index contributed by atoms with van der Waals surface area (Å²) in [6, 6.07) is 6.91. The molecule has 0 aromatic heterocycles. The van der Waals surface area contributed by atoms with E-state index in [4.69, 9.17) is 0 Å². The SMILES string of the molecule is CN1CC(=O)N(CC(=O)C(C)(C)C)c2ccccc2C1=O. The van der Waals surface area contributed by atoms with Crippen LogP contribution in [0.25, 0.3) is 0 Å². The molecule has 1 aliphatic rings. The summed E-state index contributed by atoms with van der Waals surface area (Å²) in [6.45, 7) is 5.42. The molecule has 1 aromatic carbocycles. The Balaban J connectivity index is 2.45. The van der Waals surface area contributed by atoms with E-state index in [-0.39, 0.29) is 30.7 Å². The van der Waals surface area contributed by atoms with Gasteiger partial charge in [0.1, 0.15) is 6.54 Å². The molecule has 1 aliphatic heterocycles. The Morgan fingerprint density at radius 2 is 1.81 bits per heavy atom. The summed E-state index contributed by atoms with van der Waals surface area (Å²) >= 11 is 0. The number of carbonyl (C=O) groups is 3. The molecule has 5 nitrogen and oxygen atoms in total. The van der Waals surface area contributed by atoms with E-state index in [9.17, 15) is 14.4 Å². The number of amides is 2. The summed E-state index contributed by atoms with van der Waals surface area (Å²) in [4.78, 5) is 39.7. The van der Waals surface area contributed by atoms with Gasteiger partial charge in [0.25, 0.3) is 5.91 Å². The van der Waals surface area contributed by atoms with Gasteiger partial charge in [-0.3, -0.25) is 14.4 Å². The lowest BCUT2D eigenvalue weighted by molar-refractivity contribution is -0.127. The number of Topliss-reactive ketones (excluding diaryl/α,β-unsaturated/α-hetero) is 1.